The highest BCUT2D eigenvalue weighted by Crippen LogP contribution is 2.47. The zero-order chi connectivity index (χ0) is 15.6. The smallest absolute Gasteiger partial charge is 0.407 e. The first kappa shape index (κ1) is 14.8. The Labute approximate surface area is 127 Å². The molecule has 0 bridgehead atoms. The zero-order valence-corrected chi connectivity index (χ0v) is 12.3. The molecule has 2 fully saturated rings. The maximum Gasteiger partial charge on any atom is 0.407 e. The summed E-state index contributed by atoms with van der Waals surface area (Å²) in [7, 11) is 0. The number of carbonyl (C=O) groups excluding carboxylic acids is 2. The van der Waals surface area contributed by atoms with Crippen molar-refractivity contribution in [3.8, 4) is 0 Å². The molecule has 0 unspecified atom stereocenters. The number of amides is 2. The minimum atomic E-state index is -0.679. The molecule has 4 N–H and O–H groups in total. The Hall–Kier alpha value is -2.09. The minimum Gasteiger partial charge on any atom is -0.441 e. The number of carbonyl (C=O) groups is 2. The molecular weight excluding hydrogens is 288 g/mol. The summed E-state index contributed by atoms with van der Waals surface area (Å²) < 4.78 is 9.90. The molecule has 1 aliphatic heterocycles. The maximum absolute atomic E-state index is 11.7. The molecule has 8 heteroatoms. The quantitative estimate of drug-likeness (QED) is 0.746. The van der Waals surface area contributed by atoms with Crippen LogP contribution in [0, 0.1) is 5.41 Å². The molecule has 1 aliphatic carbocycles. The lowest BCUT2D eigenvalue weighted by molar-refractivity contribution is 0.0402. The lowest BCUT2D eigenvalue weighted by atomic mass is 9.61. The van der Waals surface area contributed by atoms with E-state index in [9.17, 15) is 9.59 Å². The molecule has 1 aromatic rings. The van der Waals surface area contributed by atoms with Gasteiger partial charge in [-0.05, 0) is 44.2 Å². The number of nitrogens with zero attached hydrogens (tertiary/aromatic N) is 1. The van der Waals surface area contributed by atoms with Crippen molar-refractivity contribution >= 4 is 12.0 Å². The van der Waals surface area contributed by atoms with Gasteiger partial charge in [0.2, 0.25) is 0 Å². The van der Waals surface area contributed by atoms with Gasteiger partial charge in [-0.15, -0.1) is 0 Å². The first-order chi connectivity index (χ1) is 10.6. The molecule has 120 valence electrons. The van der Waals surface area contributed by atoms with Crippen LogP contribution in [0.1, 0.15) is 41.9 Å². The third kappa shape index (κ3) is 3.22. The summed E-state index contributed by atoms with van der Waals surface area (Å²) in [6.45, 7) is 2.05. The molecule has 1 saturated heterocycles. The number of alkyl carbamates (subject to hydrolysis) is 1. The summed E-state index contributed by atoms with van der Waals surface area (Å²) >= 11 is 0. The summed E-state index contributed by atoms with van der Waals surface area (Å²) in [6.07, 6.45) is 3.89. The first-order valence-corrected chi connectivity index (χ1v) is 7.46. The molecule has 1 saturated carbocycles. The maximum atomic E-state index is 11.7. The van der Waals surface area contributed by atoms with Crippen LogP contribution < -0.4 is 16.4 Å². The SMILES string of the molecule is NC(=O)c1cc(COC(=O)NC2CC3(CCNCC3)C2)on1. The van der Waals surface area contributed by atoms with Crippen LogP contribution >= 0.6 is 0 Å². The molecule has 0 radical (unpaired) electrons. The molecule has 8 nitrogen and oxygen atoms in total. The molecule has 3 rings (SSSR count). The van der Waals surface area contributed by atoms with Gasteiger partial charge in [0.25, 0.3) is 5.91 Å². The third-order valence-corrected chi connectivity index (χ3v) is 4.50. The fourth-order valence-corrected chi connectivity index (χ4v) is 3.30. The van der Waals surface area contributed by atoms with Crippen molar-refractivity contribution in [2.24, 2.45) is 11.1 Å². The topological polar surface area (TPSA) is 119 Å². The normalized spacial score (nSPS) is 20.4. The summed E-state index contributed by atoms with van der Waals surface area (Å²) in [5.74, 6) is -0.395. The Balaban J connectivity index is 1.39. The molecule has 1 aromatic heterocycles. The third-order valence-electron chi connectivity index (χ3n) is 4.50. The van der Waals surface area contributed by atoms with Crippen molar-refractivity contribution in [3.63, 3.8) is 0 Å². The van der Waals surface area contributed by atoms with Gasteiger partial charge in [-0.1, -0.05) is 5.16 Å². The second-order valence-electron chi connectivity index (χ2n) is 6.12. The van der Waals surface area contributed by atoms with Gasteiger partial charge in [-0.3, -0.25) is 4.79 Å². The van der Waals surface area contributed by atoms with E-state index in [1.54, 1.807) is 0 Å². The van der Waals surface area contributed by atoms with Crippen molar-refractivity contribution in [1.29, 1.82) is 0 Å². The summed E-state index contributed by atoms with van der Waals surface area (Å²) in [5, 5.41) is 9.68. The van der Waals surface area contributed by atoms with E-state index in [4.69, 9.17) is 15.0 Å². The molecule has 22 heavy (non-hydrogen) atoms. The molecule has 2 amide bonds. The summed E-state index contributed by atoms with van der Waals surface area (Å²) in [4.78, 5) is 22.6. The Morgan fingerprint density at radius 1 is 1.45 bits per heavy atom. The summed E-state index contributed by atoms with van der Waals surface area (Å²) in [6, 6.07) is 1.55. The van der Waals surface area contributed by atoms with E-state index in [0.29, 0.717) is 5.41 Å². The van der Waals surface area contributed by atoms with Crippen molar-refractivity contribution in [3.05, 3.63) is 17.5 Å². The van der Waals surface area contributed by atoms with Crippen LogP contribution in [0.3, 0.4) is 0 Å². The lowest BCUT2D eigenvalue weighted by Gasteiger charge is -2.50. The van der Waals surface area contributed by atoms with E-state index in [1.807, 2.05) is 0 Å². The van der Waals surface area contributed by atoms with Gasteiger partial charge < -0.3 is 25.6 Å². The highest BCUT2D eigenvalue weighted by molar-refractivity contribution is 5.90. The number of hydrogen-bond acceptors (Lipinski definition) is 6. The predicted octanol–water partition coefficient (Wildman–Crippen LogP) is 0.532. The molecule has 0 atom stereocenters. The zero-order valence-electron chi connectivity index (χ0n) is 12.3. The summed E-state index contributed by atoms with van der Waals surface area (Å²) in [5.41, 5.74) is 5.48. The molecule has 1 spiro atoms. The number of nitrogens with two attached hydrogens (primary N) is 1. The molecule has 0 aromatic carbocycles. The fraction of sp³-hybridized carbons (Fsp3) is 0.643. The molecule has 2 heterocycles. The van der Waals surface area contributed by atoms with Crippen LogP contribution in [0.25, 0.3) is 0 Å². The highest BCUT2D eigenvalue weighted by atomic mass is 16.6. The number of nitrogens with one attached hydrogen (secondary N) is 2. The van der Waals surface area contributed by atoms with Crippen LogP contribution in [-0.2, 0) is 11.3 Å². The highest BCUT2D eigenvalue weighted by Gasteiger charge is 2.45. The number of piperidine rings is 1. The van der Waals surface area contributed by atoms with Crippen molar-refractivity contribution in [2.45, 2.75) is 38.3 Å². The van der Waals surface area contributed by atoms with E-state index in [1.165, 1.54) is 18.9 Å². The van der Waals surface area contributed by atoms with E-state index in [2.05, 4.69) is 15.8 Å². The Morgan fingerprint density at radius 3 is 2.82 bits per heavy atom. The van der Waals surface area contributed by atoms with E-state index >= 15 is 0 Å². The average molecular weight is 308 g/mol. The van der Waals surface area contributed by atoms with E-state index < -0.39 is 12.0 Å². The van der Waals surface area contributed by atoms with Gasteiger partial charge in [-0.25, -0.2) is 4.79 Å². The minimum absolute atomic E-state index is 0.0193. The van der Waals surface area contributed by atoms with Gasteiger partial charge in [0.05, 0.1) is 0 Å². The standard InChI is InChI=1S/C14H20N4O4/c15-12(19)11-5-10(22-18-11)8-21-13(20)17-9-6-14(7-9)1-3-16-4-2-14/h5,9,16H,1-4,6-8H2,(H2,15,19)(H,17,20). The van der Waals surface area contributed by atoms with Gasteiger partial charge in [-0.2, -0.15) is 0 Å². The van der Waals surface area contributed by atoms with Gasteiger partial charge in [0.15, 0.2) is 18.1 Å². The van der Waals surface area contributed by atoms with E-state index in [-0.39, 0.29) is 24.1 Å². The van der Waals surface area contributed by atoms with Crippen molar-refractivity contribution < 1.29 is 18.8 Å². The van der Waals surface area contributed by atoms with Crippen LogP contribution in [0.4, 0.5) is 4.79 Å². The predicted molar refractivity (Wildman–Crippen MR) is 75.9 cm³/mol. The van der Waals surface area contributed by atoms with Crippen LogP contribution in [0.2, 0.25) is 0 Å². The Morgan fingerprint density at radius 2 is 2.18 bits per heavy atom. The average Bonchev–Trinajstić information content (AvgIpc) is 2.94. The number of rotatable bonds is 4. The number of aromatic nitrogens is 1. The van der Waals surface area contributed by atoms with Gasteiger partial charge >= 0.3 is 6.09 Å². The van der Waals surface area contributed by atoms with Gasteiger partial charge in [0.1, 0.15) is 0 Å². The lowest BCUT2D eigenvalue weighted by Crippen LogP contribution is -2.54. The Kier molecular flexibility index (Phi) is 4.02. The van der Waals surface area contributed by atoms with Crippen molar-refractivity contribution in [1.82, 2.24) is 15.8 Å². The Bertz CT molecular complexity index is 557. The first-order valence-electron chi connectivity index (χ1n) is 7.46. The molecule has 2 aliphatic rings. The van der Waals surface area contributed by atoms with Crippen LogP contribution in [-0.4, -0.2) is 36.3 Å². The largest absolute Gasteiger partial charge is 0.441 e. The second kappa shape index (κ2) is 5.96. The fourth-order valence-electron chi connectivity index (χ4n) is 3.30. The number of primary amides is 1. The van der Waals surface area contributed by atoms with Crippen LogP contribution in [0.15, 0.2) is 10.6 Å². The molecular formula is C14H20N4O4. The van der Waals surface area contributed by atoms with Gasteiger partial charge in [0, 0.05) is 12.1 Å². The number of hydrogen-bond donors (Lipinski definition) is 3. The van der Waals surface area contributed by atoms with E-state index in [0.717, 1.165) is 25.9 Å². The van der Waals surface area contributed by atoms with Crippen LogP contribution in [0.5, 0.6) is 0 Å². The number of ether oxygens (including phenoxy) is 1. The second-order valence-corrected chi connectivity index (χ2v) is 6.12. The van der Waals surface area contributed by atoms with Crippen molar-refractivity contribution in [2.75, 3.05) is 13.1 Å². The monoisotopic (exact) mass is 308 g/mol.